The molecule has 0 saturated heterocycles. The Morgan fingerprint density at radius 1 is 1.10 bits per heavy atom. The number of para-hydroxylation sites is 1. The summed E-state index contributed by atoms with van der Waals surface area (Å²) < 4.78 is 0. The second-order valence-electron chi connectivity index (χ2n) is 4.51. The molecule has 21 heavy (non-hydrogen) atoms. The van der Waals surface area contributed by atoms with Gasteiger partial charge in [0, 0.05) is 10.9 Å². The standard InChI is InChI=1S/C16H10ClNO3/c17-11-5-3-6-12-15(11)10(16(20)21)8-13(18-12)9-4-1-2-7-14(9)19/h1-8,19H,(H,20,21). The van der Waals surface area contributed by atoms with E-state index >= 15 is 0 Å². The Bertz CT molecular complexity index is 861. The lowest BCUT2D eigenvalue weighted by Crippen LogP contribution is -2.00. The van der Waals surface area contributed by atoms with Crippen LogP contribution in [-0.4, -0.2) is 21.2 Å². The number of fused-ring (bicyclic) bond motifs is 1. The normalized spacial score (nSPS) is 10.7. The van der Waals surface area contributed by atoms with Crippen molar-refractivity contribution in [3.05, 3.63) is 59.1 Å². The highest BCUT2D eigenvalue weighted by molar-refractivity contribution is 6.36. The molecule has 0 radical (unpaired) electrons. The number of aromatic nitrogens is 1. The second-order valence-corrected chi connectivity index (χ2v) is 4.92. The van der Waals surface area contributed by atoms with E-state index in [0.29, 0.717) is 27.2 Å². The maximum Gasteiger partial charge on any atom is 0.336 e. The van der Waals surface area contributed by atoms with Gasteiger partial charge in [-0.1, -0.05) is 29.8 Å². The largest absolute Gasteiger partial charge is 0.507 e. The summed E-state index contributed by atoms with van der Waals surface area (Å²) in [5, 5.41) is 20.0. The molecule has 3 rings (SSSR count). The quantitative estimate of drug-likeness (QED) is 0.751. The summed E-state index contributed by atoms with van der Waals surface area (Å²) in [5.41, 5.74) is 1.40. The van der Waals surface area contributed by atoms with E-state index in [1.54, 1.807) is 36.4 Å². The molecular weight excluding hydrogens is 290 g/mol. The smallest absolute Gasteiger partial charge is 0.336 e. The average molecular weight is 300 g/mol. The SMILES string of the molecule is O=C(O)c1cc(-c2ccccc2O)nc2cccc(Cl)c12. The van der Waals surface area contributed by atoms with Crippen LogP contribution in [0.15, 0.2) is 48.5 Å². The summed E-state index contributed by atoms with van der Waals surface area (Å²) in [5.74, 6) is -1.05. The fraction of sp³-hybridized carbons (Fsp3) is 0. The summed E-state index contributed by atoms with van der Waals surface area (Å²) in [4.78, 5) is 15.9. The Morgan fingerprint density at radius 3 is 2.57 bits per heavy atom. The molecule has 5 heteroatoms. The van der Waals surface area contributed by atoms with Crippen molar-refractivity contribution in [1.29, 1.82) is 0 Å². The monoisotopic (exact) mass is 299 g/mol. The number of rotatable bonds is 2. The highest BCUT2D eigenvalue weighted by Gasteiger charge is 2.16. The highest BCUT2D eigenvalue weighted by atomic mass is 35.5. The number of hydrogen-bond donors (Lipinski definition) is 2. The van der Waals surface area contributed by atoms with Gasteiger partial charge in [0.15, 0.2) is 0 Å². The average Bonchev–Trinajstić information content (AvgIpc) is 2.46. The highest BCUT2D eigenvalue weighted by Crippen LogP contribution is 2.33. The minimum atomic E-state index is -1.09. The third-order valence-electron chi connectivity index (χ3n) is 3.19. The van der Waals surface area contributed by atoms with E-state index in [4.69, 9.17) is 11.6 Å². The van der Waals surface area contributed by atoms with Crippen LogP contribution in [0.1, 0.15) is 10.4 Å². The molecule has 2 aromatic carbocycles. The van der Waals surface area contributed by atoms with E-state index in [-0.39, 0.29) is 11.3 Å². The van der Waals surface area contributed by atoms with E-state index in [1.807, 2.05) is 0 Å². The molecule has 0 aliphatic carbocycles. The first kappa shape index (κ1) is 13.4. The molecule has 0 bridgehead atoms. The number of phenols is 1. The molecule has 0 amide bonds. The Kier molecular flexibility index (Phi) is 3.23. The Labute approximate surface area is 125 Å². The molecule has 2 N–H and O–H groups in total. The molecule has 0 fully saturated rings. The van der Waals surface area contributed by atoms with E-state index < -0.39 is 5.97 Å². The number of benzene rings is 2. The Morgan fingerprint density at radius 2 is 1.86 bits per heavy atom. The van der Waals surface area contributed by atoms with Crippen LogP contribution >= 0.6 is 11.6 Å². The van der Waals surface area contributed by atoms with Crippen LogP contribution in [0.3, 0.4) is 0 Å². The fourth-order valence-electron chi connectivity index (χ4n) is 2.24. The van der Waals surface area contributed by atoms with E-state index in [0.717, 1.165) is 0 Å². The van der Waals surface area contributed by atoms with Crippen molar-refractivity contribution in [3.8, 4) is 17.0 Å². The molecule has 0 saturated carbocycles. The summed E-state index contributed by atoms with van der Waals surface area (Å²) in [6, 6.07) is 13.1. The predicted octanol–water partition coefficient (Wildman–Crippen LogP) is 3.96. The van der Waals surface area contributed by atoms with Crippen molar-refractivity contribution in [1.82, 2.24) is 4.98 Å². The van der Waals surface area contributed by atoms with Crippen molar-refractivity contribution in [2.75, 3.05) is 0 Å². The van der Waals surface area contributed by atoms with Gasteiger partial charge in [-0.3, -0.25) is 0 Å². The summed E-state index contributed by atoms with van der Waals surface area (Å²) >= 11 is 6.08. The van der Waals surface area contributed by atoms with E-state index in [2.05, 4.69) is 4.98 Å². The van der Waals surface area contributed by atoms with Crippen LogP contribution in [0.25, 0.3) is 22.2 Å². The number of pyridine rings is 1. The van der Waals surface area contributed by atoms with Crippen molar-refractivity contribution in [2.45, 2.75) is 0 Å². The second kappa shape index (κ2) is 5.07. The number of halogens is 1. The van der Waals surface area contributed by atoms with Crippen molar-refractivity contribution in [2.24, 2.45) is 0 Å². The van der Waals surface area contributed by atoms with Crippen molar-refractivity contribution >= 4 is 28.5 Å². The number of aromatic hydroxyl groups is 1. The zero-order chi connectivity index (χ0) is 15.0. The third kappa shape index (κ3) is 2.30. The summed E-state index contributed by atoms with van der Waals surface area (Å²) in [7, 11) is 0. The minimum absolute atomic E-state index is 0.0442. The maximum atomic E-state index is 11.5. The van der Waals surface area contributed by atoms with Gasteiger partial charge < -0.3 is 10.2 Å². The predicted molar refractivity (Wildman–Crippen MR) is 80.8 cm³/mol. The number of nitrogens with zero attached hydrogens (tertiary/aromatic N) is 1. The topological polar surface area (TPSA) is 70.4 Å². The molecule has 1 aromatic heterocycles. The number of carboxylic acids is 1. The number of aromatic carboxylic acids is 1. The molecule has 0 aliphatic heterocycles. The number of carboxylic acid groups (broad SMARTS) is 1. The van der Waals surface area contributed by atoms with Crippen LogP contribution in [0.2, 0.25) is 5.02 Å². The fourth-order valence-corrected chi connectivity index (χ4v) is 2.51. The zero-order valence-electron chi connectivity index (χ0n) is 10.7. The van der Waals surface area contributed by atoms with Crippen molar-refractivity contribution in [3.63, 3.8) is 0 Å². The van der Waals surface area contributed by atoms with E-state index in [1.165, 1.54) is 12.1 Å². The van der Waals surface area contributed by atoms with Crippen molar-refractivity contribution < 1.29 is 15.0 Å². The molecule has 1 heterocycles. The van der Waals surface area contributed by atoms with Crippen LogP contribution in [0.5, 0.6) is 5.75 Å². The molecule has 0 aliphatic rings. The van der Waals surface area contributed by atoms with Gasteiger partial charge in [-0.15, -0.1) is 0 Å². The van der Waals surface area contributed by atoms with Gasteiger partial charge in [-0.2, -0.15) is 0 Å². The lowest BCUT2D eigenvalue weighted by atomic mass is 10.0. The Hall–Kier alpha value is -2.59. The maximum absolute atomic E-state index is 11.5. The first-order valence-electron chi connectivity index (χ1n) is 6.19. The van der Waals surface area contributed by atoms with Crippen LogP contribution in [-0.2, 0) is 0 Å². The van der Waals surface area contributed by atoms with Crippen LogP contribution in [0.4, 0.5) is 0 Å². The molecule has 3 aromatic rings. The molecule has 0 atom stereocenters. The zero-order valence-corrected chi connectivity index (χ0v) is 11.5. The third-order valence-corrected chi connectivity index (χ3v) is 3.51. The lowest BCUT2D eigenvalue weighted by molar-refractivity contribution is 0.0699. The molecule has 0 spiro atoms. The molecule has 0 unspecified atom stereocenters. The Balaban J connectivity index is 2.37. The van der Waals surface area contributed by atoms with Crippen LogP contribution in [0, 0.1) is 0 Å². The van der Waals surface area contributed by atoms with Gasteiger partial charge in [0.25, 0.3) is 0 Å². The first-order chi connectivity index (χ1) is 10.1. The first-order valence-corrected chi connectivity index (χ1v) is 6.56. The molecule has 104 valence electrons. The van der Waals surface area contributed by atoms with Gasteiger partial charge in [0.05, 0.1) is 21.8 Å². The summed E-state index contributed by atoms with van der Waals surface area (Å²) in [6.07, 6.45) is 0. The molecular formula is C16H10ClNO3. The van der Waals surface area contributed by atoms with Crippen LogP contribution < -0.4 is 0 Å². The van der Waals surface area contributed by atoms with Gasteiger partial charge in [-0.05, 0) is 30.3 Å². The number of carbonyl (C=O) groups is 1. The minimum Gasteiger partial charge on any atom is -0.507 e. The summed E-state index contributed by atoms with van der Waals surface area (Å²) in [6.45, 7) is 0. The number of hydrogen-bond acceptors (Lipinski definition) is 3. The van der Waals surface area contributed by atoms with Gasteiger partial charge in [-0.25, -0.2) is 9.78 Å². The van der Waals surface area contributed by atoms with Gasteiger partial charge >= 0.3 is 5.97 Å². The number of phenolic OH excluding ortho intramolecular Hbond substituents is 1. The molecule has 4 nitrogen and oxygen atoms in total. The van der Waals surface area contributed by atoms with E-state index in [9.17, 15) is 15.0 Å². The van der Waals surface area contributed by atoms with Gasteiger partial charge in [0.1, 0.15) is 5.75 Å². The lowest BCUT2D eigenvalue weighted by Gasteiger charge is -2.09. The van der Waals surface area contributed by atoms with Gasteiger partial charge in [0.2, 0.25) is 0 Å².